The van der Waals surface area contributed by atoms with E-state index in [9.17, 15) is 4.79 Å². The van der Waals surface area contributed by atoms with Crippen molar-refractivity contribution >= 4 is 11.5 Å². The Hall–Kier alpha value is -1.88. The van der Waals surface area contributed by atoms with Gasteiger partial charge in [0.15, 0.2) is 0 Å². The van der Waals surface area contributed by atoms with Gasteiger partial charge in [0.1, 0.15) is 5.82 Å². The van der Waals surface area contributed by atoms with Gasteiger partial charge in [0.25, 0.3) is 0 Å². The molecule has 0 saturated carbocycles. The van der Waals surface area contributed by atoms with Crippen molar-refractivity contribution in [3.8, 4) is 0 Å². The number of likely N-dealkylation sites (tertiary alicyclic amines) is 1. The summed E-state index contributed by atoms with van der Waals surface area (Å²) in [6.07, 6.45) is 8.64. The lowest BCUT2D eigenvalue weighted by Gasteiger charge is -2.25. The van der Waals surface area contributed by atoms with E-state index in [0.717, 1.165) is 24.3 Å². The van der Waals surface area contributed by atoms with Crippen LogP contribution >= 0.6 is 0 Å². The molecule has 112 valence electrons. The van der Waals surface area contributed by atoms with E-state index < -0.39 is 0 Å². The number of piperidine rings is 1. The lowest BCUT2D eigenvalue weighted by Crippen LogP contribution is -2.31. The molecule has 5 nitrogen and oxygen atoms in total. The molecular formula is C16H21N3O2. The minimum atomic E-state index is -0.312. The van der Waals surface area contributed by atoms with Crippen LogP contribution in [0.5, 0.6) is 0 Å². The van der Waals surface area contributed by atoms with Gasteiger partial charge in [-0.05, 0) is 38.1 Å². The molecule has 5 heteroatoms. The van der Waals surface area contributed by atoms with Crippen LogP contribution in [0.2, 0.25) is 0 Å². The minimum Gasteiger partial charge on any atom is -0.465 e. The summed E-state index contributed by atoms with van der Waals surface area (Å²) in [5.41, 5.74) is 1.50. The third-order valence-electron chi connectivity index (χ3n) is 4.13. The monoisotopic (exact) mass is 287 g/mol. The molecular weight excluding hydrogens is 266 g/mol. The van der Waals surface area contributed by atoms with E-state index in [1.807, 2.05) is 18.5 Å². The summed E-state index contributed by atoms with van der Waals surface area (Å²) in [7, 11) is 1.40. The van der Waals surface area contributed by atoms with Gasteiger partial charge in [-0.25, -0.2) is 9.78 Å². The molecule has 0 aromatic carbocycles. The van der Waals surface area contributed by atoms with Gasteiger partial charge >= 0.3 is 5.97 Å². The van der Waals surface area contributed by atoms with Crippen LogP contribution in [0.15, 0.2) is 24.5 Å². The van der Waals surface area contributed by atoms with Crippen LogP contribution in [0.4, 0.5) is 0 Å². The first kappa shape index (κ1) is 14.1. The molecule has 1 aliphatic rings. The van der Waals surface area contributed by atoms with Crippen LogP contribution < -0.4 is 0 Å². The Morgan fingerprint density at radius 1 is 1.33 bits per heavy atom. The summed E-state index contributed by atoms with van der Waals surface area (Å²) in [5, 5.41) is 0. The van der Waals surface area contributed by atoms with Gasteiger partial charge in [-0.3, -0.25) is 0 Å². The van der Waals surface area contributed by atoms with Crippen molar-refractivity contribution in [2.24, 2.45) is 0 Å². The molecule has 0 unspecified atom stereocenters. The summed E-state index contributed by atoms with van der Waals surface area (Å²) in [6.45, 7) is 3.46. The van der Waals surface area contributed by atoms with Gasteiger partial charge in [-0.2, -0.15) is 0 Å². The molecule has 0 atom stereocenters. The van der Waals surface area contributed by atoms with Crippen molar-refractivity contribution < 1.29 is 9.53 Å². The highest BCUT2D eigenvalue weighted by atomic mass is 16.5. The van der Waals surface area contributed by atoms with Gasteiger partial charge in [-0.15, -0.1) is 0 Å². The van der Waals surface area contributed by atoms with Crippen molar-refractivity contribution in [1.29, 1.82) is 0 Å². The van der Waals surface area contributed by atoms with Crippen molar-refractivity contribution in [3.05, 3.63) is 35.9 Å². The Morgan fingerprint density at radius 3 is 2.90 bits per heavy atom. The van der Waals surface area contributed by atoms with Crippen molar-refractivity contribution in [1.82, 2.24) is 14.3 Å². The zero-order valence-electron chi connectivity index (χ0n) is 12.4. The van der Waals surface area contributed by atoms with Gasteiger partial charge in [0.05, 0.1) is 24.4 Å². The first-order chi connectivity index (χ1) is 10.3. The smallest absolute Gasteiger partial charge is 0.337 e. The van der Waals surface area contributed by atoms with E-state index in [0.29, 0.717) is 5.56 Å². The first-order valence-electron chi connectivity index (χ1n) is 7.54. The zero-order chi connectivity index (χ0) is 14.7. The fourth-order valence-corrected chi connectivity index (χ4v) is 2.93. The molecule has 21 heavy (non-hydrogen) atoms. The number of carbonyl (C=O) groups excluding carboxylic acids is 1. The Kier molecular flexibility index (Phi) is 4.20. The maximum Gasteiger partial charge on any atom is 0.337 e. The highest BCUT2D eigenvalue weighted by molar-refractivity contribution is 5.90. The lowest BCUT2D eigenvalue weighted by molar-refractivity contribution is 0.0600. The number of aromatic nitrogens is 2. The number of rotatable bonds is 4. The Bertz CT molecular complexity index is 629. The Labute approximate surface area is 124 Å². The Morgan fingerprint density at radius 2 is 2.14 bits per heavy atom. The lowest BCUT2D eigenvalue weighted by atomic mass is 10.1. The molecule has 0 radical (unpaired) electrons. The average Bonchev–Trinajstić information content (AvgIpc) is 2.95. The predicted molar refractivity (Wildman–Crippen MR) is 80.5 cm³/mol. The topological polar surface area (TPSA) is 46.8 Å². The van der Waals surface area contributed by atoms with Crippen LogP contribution in [-0.2, 0) is 11.2 Å². The summed E-state index contributed by atoms with van der Waals surface area (Å²) >= 11 is 0. The first-order valence-corrected chi connectivity index (χ1v) is 7.54. The summed E-state index contributed by atoms with van der Waals surface area (Å²) in [5.74, 6) is 0.737. The van der Waals surface area contributed by atoms with E-state index in [-0.39, 0.29) is 5.97 Å². The number of hydrogen-bond acceptors (Lipinski definition) is 4. The molecule has 1 saturated heterocycles. The van der Waals surface area contributed by atoms with Crippen LogP contribution in [0, 0.1) is 0 Å². The number of pyridine rings is 1. The van der Waals surface area contributed by atoms with E-state index in [1.54, 1.807) is 6.07 Å². The molecule has 0 aliphatic carbocycles. The molecule has 0 spiro atoms. The number of hydrogen-bond donors (Lipinski definition) is 0. The normalized spacial score (nSPS) is 16.2. The molecule has 1 aliphatic heterocycles. The molecule has 2 aromatic rings. The molecule has 2 aromatic heterocycles. The minimum absolute atomic E-state index is 0.312. The van der Waals surface area contributed by atoms with E-state index in [1.165, 1.54) is 39.5 Å². The predicted octanol–water partition coefficient (Wildman–Crippen LogP) is 2.15. The standard InChI is InChI=1S/C16H21N3O2/c1-21-16(20)13-5-10-19-14(11-13)12-17-15(19)6-9-18-7-3-2-4-8-18/h5,10-12H,2-4,6-9H2,1H3. The number of carbonyl (C=O) groups is 1. The number of fused-ring (bicyclic) bond motifs is 1. The highest BCUT2D eigenvalue weighted by Gasteiger charge is 2.12. The van der Waals surface area contributed by atoms with Gasteiger partial charge in [0.2, 0.25) is 0 Å². The van der Waals surface area contributed by atoms with Gasteiger partial charge in [0, 0.05) is 19.2 Å². The maximum atomic E-state index is 11.5. The van der Waals surface area contributed by atoms with Crippen LogP contribution in [0.1, 0.15) is 35.4 Å². The average molecular weight is 287 g/mol. The Balaban J connectivity index is 1.72. The molecule has 0 amide bonds. The van der Waals surface area contributed by atoms with E-state index >= 15 is 0 Å². The number of nitrogens with zero attached hydrogens (tertiary/aromatic N) is 3. The second-order valence-electron chi connectivity index (χ2n) is 5.53. The van der Waals surface area contributed by atoms with E-state index in [2.05, 4.69) is 14.3 Å². The van der Waals surface area contributed by atoms with Crippen molar-refractivity contribution in [2.75, 3.05) is 26.7 Å². The molecule has 3 rings (SSSR count). The summed E-state index contributed by atoms with van der Waals surface area (Å²) in [4.78, 5) is 18.5. The third-order valence-corrected chi connectivity index (χ3v) is 4.13. The number of esters is 1. The van der Waals surface area contributed by atoms with Crippen LogP contribution in [-0.4, -0.2) is 47.0 Å². The number of ether oxygens (including phenoxy) is 1. The van der Waals surface area contributed by atoms with Gasteiger partial charge < -0.3 is 14.0 Å². The third kappa shape index (κ3) is 3.08. The summed E-state index contributed by atoms with van der Waals surface area (Å²) in [6, 6.07) is 3.61. The molecule has 1 fully saturated rings. The highest BCUT2D eigenvalue weighted by Crippen LogP contribution is 2.13. The fraction of sp³-hybridized carbons (Fsp3) is 0.500. The fourth-order valence-electron chi connectivity index (χ4n) is 2.93. The van der Waals surface area contributed by atoms with E-state index in [4.69, 9.17) is 4.74 Å². The quantitative estimate of drug-likeness (QED) is 0.808. The summed E-state index contributed by atoms with van der Waals surface area (Å²) < 4.78 is 6.80. The molecule has 3 heterocycles. The zero-order valence-corrected chi connectivity index (χ0v) is 12.4. The largest absolute Gasteiger partial charge is 0.465 e. The number of methoxy groups -OCH3 is 1. The van der Waals surface area contributed by atoms with Crippen LogP contribution in [0.3, 0.4) is 0 Å². The maximum absolute atomic E-state index is 11.5. The second-order valence-corrected chi connectivity index (χ2v) is 5.53. The van der Waals surface area contributed by atoms with Crippen molar-refractivity contribution in [2.45, 2.75) is 25.7 Å². The number of imidazole rings is 1. The van der Waals surface area contributed by atoms with Crippen LogP contribution in [0.25, 0.3) is 5.52 Å². The van der Waals surface area contributed by atoms with Gasteiger partial charge in [-0.1, -0.05) is 6.42 Å². The van der Waals surface area contributed by atoms with Crippen molar-refractivity contribution in [3.63, 3.8) is 0 Å². The SMILES string of the molecule is COC(=O)c1ccn2c(CCN3CCCCC3)ncc2c1. The second kappa shape index (κ2) is 6.26. The molecule has 0 bridgehead atoms. The molecule has 0 N–H and O–H groups in total.